The molecule has 0 aliphatic rings. The number of hydrogen-bond acceptors (Lipinski definition) is 2. The first-order chi connectivity index (χ1) is 8.05. The largest absolute Gasteiger partial charge is 0.379 e. The number of aliphatic hydroxyl groups is 1. The lowest BCUT2D eigenvalue weighted by atomic mass is 9.92. The smallest absolute Gasteiger partial charge is 0.128 e. The third-order valence-corrected chi connectivity index (χ3v) is 2.92. The van der Waals surface area contributed by atoms with Crippen molar-refractivity contribution >= 4 is 0 Å². The Morgan fingerprint density at radius 3 is 2.53 bits per heavy atom. The van der Waals surface area contributed by atoms with E-state index in [0.29, 0.717) is 17.8 Å². The molecule has 0 saturated carbocycles. The third kappa shape index (κ3) is 2.08. The van der Waals surface area contributed by atoms with E-state index >= 15 is 0 Å². The van der Waals surface area contributed by atoms with Gasteiger partial charge in [-0.2, -0.15) is 5.10 Å². The topological polar surface area (TPSA) is 38.0 Å². The summed E-state index contributed by atoms with van der Waals surface area (Å²) in [5.41, 5.74) is 0.181. The zero-order chi connectivity index (χ0) is 12.5. The summed E-state index contributed by atoms with van der Waals surface area (Å²) in [6.07, 6.45) is 1.65. The quantitative estimate of drug-likeness (QED) is 0.884. The molecule has 17 heavy (non-hydrogen) atoms. The van der Waals surface area contributed by atoms with Gasteiger partial charge in [0.1, 0.15) is 11.4 Å². The predicted octanol–water partition coefficient (Wildman–Crippen LogP) is 2.30. The fourth-order valence-electron chi connectivity index (χ4n) is 1.92. The van der Waals surface area contributed by atoms with Crippen LogP contribution in [0.15, 0.2) is 36.5 Å². The van der Waals surface area contributed by atoms with Gasteiger partial charge in [-0.15, -0.1) is 0 Å². The number of benzene rings is 1. The number of aromatic nitrogens is 2. The Bertz CT molecular complexity index is 502. The molecule has 2 rings (SSSR count). The van der Waals surface area contributed by atoms with Gasteiger partial charge >= 0.3 is 0 Å². The highest BCUT2D eigenvalue weighted by molar-refractivity contribution is 5.31. The summed E-state index contributed by atoms with van der Waals surface area (Å²) in [7, 11) is 0. The summed E-state index contributed by atoms with van der Waals surface area (Å²) in [5, 5.41) is 14.7. The molecule has 0 radical (unpaired) electrons. The first kappa shape index (κ1) is 11.8. The van der Waals surface area contributed by atoms with E-state index in [1.807, 2.05) is 6.92 Å². The fourth-order valence-corrected chi connectivity index (χ4v) is 1.92. The van der Waals surface area contributed by atoms with Crippen molar-refractivity contribution in [3.05, 3.63) is 53.6 Å². The number of nitrogens with zero attached hydrogens (tertiary/aromatic N) is 2. The molecule has 2 aromatic rings. The van der Waals surface area contributed by atoms with E-state index in [1.54, 1.807) is 36.0 Å². The first-order valence-electron chi connectivity index (χ1n) is 5.56. The van der Waals surface area contributed by atoms with Crippen LogP contribution in [0, 0.1) is 5.82 Å². The van der Waals surface area contributed by atoms with E-state index in [9.17, 15) is 9.50 Å². The molecule has 90 valence electrons. The molecule has 1 heterocycles. The SMILES string of the molecule is CCn1nccc1C(C)(O)c1ccc(F)cc1. The molecule has 0 aliphatic heterocycles. The van der Waals surface area contributed by atoms with Gasteiger partial charge in [-0.05, 0) is 37.6 Å². The van der Waals surface area contributed by atoms with Crippen LogP contribution in [0.25, 0.3) is 0 Å². The molecule has 3 nitrogen and oxygen atoms in total. The first-order valence-corrected chi connectivity index (χ1v) is 5.56. The molecular weight excluding hydrogens is 219 g/mol. The van der Waals surface area contributed by atoms with Crippen molar-refractivity contribution in [2.24, 2.45) is 0 Å². The van der Waals surface area contributed by atoms with Crippen LogP contribution in [0.3, 0.4) is 0 Å². The lowest BCUT2D eigenvalue weighted by Crippen LogP contribution is -2.26. The summed E-state index contributed by atoms with van der Waals surface area (Å²) >= 11 is 0. The standard InChI is InChI=1S/C13H15FN2O/c1-3-16-12(8-9-15-16)13(2,17)10-4-6-11(14)7-5-10/h4-9,17H,3H2,1-2H3. The van der Waals surface area contributed by atoms with Crippen molar-refractivity contribution in [1.29, 1.82) is 0 Å². The highest BCUT2D eigenvalue weighted by atomic mass is 19.1. The highest BCUT2D eigenvalue weighted by Gasteiger charge is 2.28. The van der Waals surface area contributed by atoms with Crippen LogP contribution in [0.5, 0.6) is 0 Å². The van der Waals surface area contributed by atoms with Gasteiger partial charge < -0.3 is 5.11 Å². The second kappa shape index (κ2) is 4.30. The van der Waals surface area contributed by atoms with E-state index in [1.165, 1.54) is 12.1 Å². The van der Waals surface area contributed by atoms with Gasteiger partial charge in [0.2, 0.25) is 0 Å². The molecule has 0 spiro atoms. The zero-order valence-corrected chi connectivity index (χ0v) is 9.89. The van der Waals surface area contributed by atoms with Crippen LogP contribution in [-0.2, 0) is 12.1 Å². The van der Waals surface area contributed by atoms with Crippen molar-refractivity contribution in [1.82, 2.24) is 9.78 Å². The minimum absolute atomic E-state index is 0.312. The van der Waals surface area contributed by atoms with Crippen LogP contribution in [-0.4, -0.2) is 14.9 Å². The molecule has 1 aromatic carbocycles. The van der Waals surface area contributed by atoms with Crippen LogP contribution in [0.2, 0.25) is 0 Å². The maximum Gasteiger partial charge on any atom is 0.128 e. The fraction of sp³-hybridized carbons (Fsp3) is 0.308. The molecule has 0 amide bonds. The third-order valence-electron chi connectivity index (χ3n) is 2.92. The van der Waals surface area contributed by atoms with Crippen molar-refractivity contribution in [3.63, 3.8) is 0 Å². The second-order valence-corrected chi connectivity index (χ2v) is 4.11. The zero-order valence-electron chi connectivity index (χ0n) is 9.89. The van der Waals surface area contributed by atoms with Gasteiger partial charge in [-0.1, -0.05) is 12.1 Å². The minimum atomic E-state index is -1.17. The van der Waals surface area contributed by atoms with E-state index in [4.69, 9.17) is 0 Å². The number of aryl methyl sites for hydroxylation is 1. The maximum atomic E-state index is 12.9. The van der Waals surface area contributed by atoms with E-state index in [0.717, 1.165) is 0 Å². The summed E-state index contributed by atoms with van der Waals surface area (Å²) in [5.74, 6) is -0.312. The Balaban J connectivity index is 2.45. The van der Waals surface area contributed by atoms with Gasteiger partial charge in [-0.25, -0.2) is 4.39 Å². The molecule has 0 aliphatic carbocycles. The molecule has 0 fully saturated rings. The van der Waals surface area contributed by atoms with Crippen LogP contribution >= 0.6 is 0 Å². The Morgan fingerprint density at radius 1 is 1.29 bits per heavy atom. The Hall–Kier alpha value is -1.68. The molecule has 1 N–H and O–H groups in total. The summed E-state index contributed by atoms with van der Waals surface area (Å²) in [6.45, 7) is 4.32. The van der Waals surface area contributed by atoms with Crippen molar-refractivity contribution in [2.45, 2.75) is 26.0 Å². The maximum absolute atomic E-state index is 12.9. The summed E-state index contributed by atoms with van der Waals surface area (Å²) in [4.78, 5) is 0. The van der Waals surface area contributed by atoms with E-state index in [-0.39, 0.29) is 5.82 Å². The van der Waals surface area contributed by atoms with Gasteiger partial charge in [0, 0.05) is 12.7 Å². The van der Waals surface area contributed by atoms with Crippen LogP contribution in [0.1, 0.15) is 25.1 Å². The monoisotopic (exact) mass is 234 g/mol. The van der Waals surface area contributed by atoms with Gasteiger partial charge in [0.15, 0.2) is 0 Å². The molecule has 1 atom stereocenters. The van der Waals surface area contributed by atoms with Crippen LogP contribution in [0.4, 0.5) is 4.39 Å². The van der Waals surface area contributed by atoms with Crippen LogP contribution < -0.4 is 0 Å². The molecule has 0 bridgehead atoms. The van der Waals surface area contributed by atoms with E-state index < -0.39 is 5.60 Å². The Labute approximate surface area is 99.5 Å². The van der Waals surface area contributed by atoms with Crippen molar-refractivity contribution in [3.8, 4) is 0 Å². The minimum Gasteiger partial charge on any atom is -0.379 e. The van der Waals surface area contributed by atoms with E-state index in [2.05, 4.69) is 5.10 Å². The van der Waals surface area contributed by atoms with Crippen molar-refractivity contribution < 1.29 is 9.50 Å². The molecule has 4 heteroatoms. The number of halogens is 1. The van der Waals surface area contributed by atoms with Gasteiger partial charge in [-0.3, -0.25) is 4.68 Å². The molecular formula is C13H15FN2O. The highest BCUT2D eigenvalue weighted by Crippen LogP contribution is 2.28. The van der Waals surface area contributed by atoms with Crippen molar-refractivity contribution in [2.75, 3.05) is 0 Å². The van der Waals surface area contributed by atoms with Gasteiger partial charge in [0.25, 0.3) is 0 Å². The number of hydrogen-bond donors (Lipinski definition) is 1. The lowest BCUT2D eigenvalue weighted by molar-refractivity contribution is 0.0917. The Kier molecular flexibility index (Phi) is 2.98. The molecule has 0 saturated heterocycles. The summed E-state index contributed by atoms with van der Waals surface area (Å²) < 4.78 is 14.6. The average Bonchev–Trinajstić information content (AvgIpc) is 2.78. The average molecular weight is 234 g/mol. The Morgan fingerprint density at radius 2 is 1.94 bits per heavy atom. The predicted molar refractivity (Wildman–Crippen MR) is 63.0 cm³/mol. The van der Waals surface area contributed by atoms with Gasteiger partial charge in [0.05, 0.1) is 5.69 Å². The summed E-state index contributed by atoms with van der Waals surface area (Å²) in [6, 6.07) is 7.63. The lowest BCUT2D eigenvalue weighted by Gasteiger charge is -2.24. The number of rotatable bonds is 3. The second-order valence-electron chi connectivity index (χ2n) is 4.11. The molecule has 1 unspecified atom stereocenters. The normalized spacial score (nSPS) is 14.6. The molecule has 1 aromatic heterocycles.